The lowest BCUT2D eigenvalue weighted by Crippen LogP contribution is -2.54. The molecule has 1 fully saturated rings. The third-order valence-corrected chi connectivity index (χ3v) is 7.68. The second kappa shape index (κ2) is 9.50. The number of carbonyl (C=O) groups is 1. The third-order valence-electron chi connectivity index (χ3n) is 5.17. The van der Waals surface area contributed by atoms with Gasteiger partial charge in [-0.2, -0.15) is 0 Å². The number of aromatic nitrogens is 2. The molecular weight excluding hydrogens is 410 g/mol. The summed E-state index contributed by atoms with van der Waals surface area (Å²) in [5.74, 6) is -0.512. The van der Waals surface area contributed by atoms with Gasteiger partial charge in [0.05, 0.1) is 29.6 Å². The Morgan fingerprint density at radius 2 is 1.90 bits per heavy atom. The van der Waals surface area contributed by atoms with E-state index in [-0.39, 0.29) is 31.0 Å². The zero-order valence-corrected chi connectivity index (χ0v) is 17.5. The van der Waals surface area contributed by atoms with Crippen molar-refractivity contribution in [3.05, 3.63) is 36.7 Å². The molecule has 1 amide bonds. The summed E-state index contributed by atoms with van der Waals surface area (Å²) in [6.07, 6.45) is 4.97. The van der Waals surface area contributed by atoms with E-state index in [0.29, 0.717) is 23.7 Å². The Hall–Kier alpha value is -2.56. The van der Waals surface area contributed by atoms with Gasteiger partial charge in [-0.1, -0.05) is 25.5 Å². The highest BCUT2D eigenvalue weighted by molar-refractivity contribution is 7.93. The number of carbonyl (C=O) groups excluding carboxylic acids is 1. The summed E-state index contributed by atoms with van der Waals surface area (Å²) in [6.45, 7) is 2.88. The number of hydrogen-bond acceptors (Lipinski definition) is 8. The number of unbranched alkanes of at least 4 members (excludes halogenated alkanes) is 1. The van der Waals surface area contributed by atoms with Gasteiger partial charge in [0.1, 0.15) is 0 Å². The normalized spacial score (nSPS) is 16.1. The van der Waals surface area contributed by atoms with Crippen molar-refractivity contribution in [3.8, 4) is 17.1 Å². The molecule has 9 nitrogen and oxygen atoms in total. The maximum atomic E-state index is 13.3. The fraction of sp³-hybridized carbons (Fsp3) is 0.450. The van der Waals surface area contributed by atoms with Gasteiger partial charge in [0.25, 0.3) is 5.91 Å². The molecule has 0 spiro atoms. The van der Waals surface area contributed by atoms with Gasteiger partial charge in [-0.05, 0) is 31.4 Å². The fourth-order valence-electron chi connectivity index (χ4n) is 3.31. The molecular formula is C20H25N3O6S. The van der Waals surface area contributed by atoms with E-state index in [2.05, 4.69) is 16.9 Å². The van der Waals surface area contributed by atoms with Crippen molar-refractivity contribution in [2.45, 2.75) is 42.2 Å². The van der Waals surface area contributed by atoms with Gasteiger partial charge in [-0.15, -0.1) is 0 Å². The van der Waals surface area contributed by atoms with Crippen LogP contribution in [0.5, 0.6) is 5.88 Å². The Kier molecular flexibility index (Phi) is 7.01. The average Bonchev–Trinajstić information content (AvgIpc) is 2.79. The number of nitrogens with one attached hydrogen (secondary N) is 1. The molecule has 1 aromatic heterocycles. The summed E-state index contributed by atoms with van der Waals surface area (Å²) in [5, 5.41) is 9.12. The minimum Gasteiger partial charge on any atom is -0.477 e. The van der Waals surface area contributed by atoms with Gasteiger partial charge >= 0.3 is 0 Å². The van der Waals surface area contributed by atoms with E-state index in [0.717, 1.165) is 12.8 Å². The van der Waals surface area contributed by atoms with Crippen LogP contribution in [-0.4, -0.2) is 54.1 Å². The molecule has 0 saturated carbocycles. The van der Waals surface area contributed by atoms with Crippen LogP contribution >= 0.6 is 0 Å². The first-order valence-corrected chi connectivity index (χ1v) is 11.2. The molecule has 1 aromatic carbocycles. The fourth-order valence-corrected chi connectivity index (χ4v) is 5.25. The maximum absolute atomic E-state index is 13.3. The Morgan fingerprint density at radius 3 is 2.47 bits per heavy atom. The van der Waals surface area contributed by atoms with Crippen LogP contribution < -0.4 is 10.2 Å². The predicted octanol–water partition coefficient (Wildman–Crippen LogP) is 2.15. The van der Waals surface area contributed by atoms with Crippen molar-refractivity contribution >= 4 is 15.7 Å². The SMILES string of the molecule is CCCCOc1cnc(-c2ccc(S(=O)(=O)C3(C(=O)NO)CCOCC3)cc2)cn1. The van der Waals surface area contributed by atoms with Crippen LogP contribution in [0.2, 0.25) is 0 Å². The van der Waals surface area contributed by atoms with E-state index in [4.69, 9.17) is 14.7 Å². The molecule has 0 unspecified atom stereocenters. The maximum Gasteiger partial charge on any atom is 0.265 e. The summed E-state index contributed by atoms with van der Waals surface area (Å²) in [5.41, 5.74) is 2.75. The molecule has 3 rings (SSSR count). The second-order valence-corrected chi connectivity index (χ2v) is 9.28. The summed E-state index contributed by atoms with van der Waals surface area (Å²) < 4.78 is 35.5. The number of ether oxygens (including phenoxy) is 2. The van der Waals surface area contributed by atoms with Gasteiger partial charge in [-0.25, -0.2) is 23.9 Å². The lowest BCUT2D eigenvalue weighted by molar-refractivity contribution is -0.134. The van der Waals surface area contributed by atoms with E-state index in [1.807, 2.05) is 0 Å². The highest BCUT2D eigenvalue weighted by Crippen LogP contribution is 2.35. The molecule has 2 N–H and O–H groups in total. The number of rotatable bonds is 8. The standard InChI is InChI=1S/C20H25N3O6S/c1-2-3-10-29-18-14-21-17(13-22-18)15-4-6-16(7-5-15)30(26,27)20(19(24)23-25)8-11-28-12-9-20/h4-7,13-14,25H,2-3,8-12H2,1H3,(H,23,24). The Bertz CT molecular complexity index is 955. The molecule has 0 bridgehead atoms. The lowest BCUT2D eigenvalue weighted by Gasteiger charge is -2.34. The highest BCUT2D eigenvalue weighted by Gasteiger charge is 2.52. The van der Waals surface area contributed by atoms with Gasteiger partial charge in [0, 0.05) is 18.8 Å². The van der Waals surface area contributed by atoms with E-state index in [1.165, 1.54) is 23.8 Å². The van der Waals surface area contributed by atoms with Crippen molar-refractivity contribution in [3.63, 3.8) is 0 Å². The molecule has 30 heavy (non-hydrogen) atoms. The van der Waals surface area contributed by atoms with Crippen molar-refractivity contribution in [2.24, 2.45) is 0 Å². The highest BCUT2D eigenvalue weighted by atomic mass is 32.2. The molecule has 2 aromatic rings. The van der Waals surface area contributed by atoms with Crippen molar-refractivity contribution in [2.75, 3.05) is 19.8 Å². The van der Waals surface area contributed by atoms with Crippen molar-refractivity contribution in [1.82, 2.24) is 15.4 Å². The topological polar surface area (TPSA) is 128 Å². The number of hydrogen-bond donors (Lipinski definition) is 2. The summed E-state index contributed by atoms with van der Waals surface area (Å²) in [4.78, 5) is 20.8. The number of benzene rings is 1. The van der Waals surface area contributed by atoms with Crippen LogP contribution in [0, 0.1) is 0 Å². The Labute approximate surface area is 175 Å². The van der Waals surface area contributed by atoms with Crippen LogP contribution in [0.4, 0.5) is 0 Å². The molecule has 2 heterocycles. The van der Waals surface area contributed by atoms with E-state index < -0.39 is 20.5 Å². The van der Waals surface area contributed by atoms with Gasteiger partial charge in [-0.3, -0.25) is 10.0 Å². The van der Waals surface area contributed by atoms with Crippen LogP contribution in [0.3, 0.4) is 0 Å². The largest absolute Gasteiger partial charge is 0.477 e. The molecule has 162 valence electrons. The van der Waals surface area contributed by atoms with Crippen LogP contribution in [0.25, 0.3) is 11.3 Å². The minimum absolute atomic E-state index is 0.00997. The Morgan fingerprint density at radius 1 is 1.20 bits per heavy atom. The third kappa shape index (κ3) is 4.30. The number of sulfone groups is 1. The quantitative estimate of drug-likeness (QED) is 0.367. The zero-order valence-electron chi connectivity index (χ0n) is 16.7. The van der Waals surface area contributed by atoms with Crippen molar-refractivity contribution in [1.29, 1.82) is 0 Å². The number of amides is 1. The molecule has 10 heteroatoms. The number of nitrogens with zero attached hydrogens (tertiary/aromatic N) is 2. The lowest BCUT2D eigenvalue weighted by atomic mass is 9.98. The second-order valence-electron chi connectivity index (χ2n) is 7.02. The van der Waals surface area contributed by atoms with Crippen LogP contribution in [0.15, 0.2) is 41.6 Å². The number of hydroxylamine groups is 1. The van der Waals surface area contributed by atoms with Gasteiger partial charge < -0.3 is 9.47 Å². The minimum atomic E-state index is -4.06. The van der Waals surface area contributed by atoms with Crippen LogP contribution in [0.1, 0.15) is 32.6 Å². The van der Waals surface area contributed by atoms with E-state index >= 15 is 0 Å². The summed E-state index contributed by atoms with van der Waals surface area (Å²) >= 11 is 0. The predicted molar refractivity (Wildman–Crippen MR) is 108 cm³/mol. The molecule has 1 saturated heterocycles. The van der Waals surface area contributed by atoms with Crippen LogP contribution in [-0.2, 0) is 19.4 Å². The molecule has 1 aliphatic rings. The smallest absolute Gasteiger partial charge is 0.265 e. The van der Waals surface area contributed by atoms with Gasteiger partial charge in [0.2, 0.25) is 5.88 Å². The first kappa shape index (κ1) is 22.1. The Balaban J connectivity index is 1.83. The zero-order chi connectivity index (χ0) is 21.6. The molecule has 1 aliphatic heterocycles. The molecule has 0 atom stereocenters. The van der Waals surface area contributed by atoms with Crippen molar-refractivity contribution < 1.29 is 27.9 Å². The van der Waals surface area contributed by atoms with E-state index in [1.54, 1.807) is 18.3 Å². The summed E-state index contributed by atoms with van der Waals surface area (Å²) in [7, 11) is -4.06. The first-order chi connectivity index (χ1) is 14.4. The molecule has 0 radical (unpaired) electrons. The summed E-state index contributed by atoms with van der Waals surface area (Å²) in [6, 6.07) is 6.08. The monoisotopic (exact) mass is 435 g/mol. The first-order valence-electron chi connectivity index (χ1n) is 9.77. The van der Waals surface area contributed by atoms with E-state index in [9.17, 15) is 13.2 Å². The average molecular weight is 436 g/mol. The van der Waals surface area contributed by atoms with Gasteiger partial charge in [0.15, 0.2) is 14.6 Å². The molecule has 0 aliphatic carbocycles.